The number of benzene rings is 1. The maximum Gasteiger partial charge on any atom is 0.418 e. The number of nitrogens with zero attached hydrogens (tertiary/aromatic N) is 3. The van der Waals surface area contributed by atoms with Crippen molar-refractivity contribution in [1.29, 1.82) is 0 Å². The molecule has 1 aromatic heterocycles. The number of rotatable bonds is 1. The Morgan fingerprint density at radius 1 is 1.19 bits per heavy atom. The van der Waals surface area contributed by atoms with E-state index in [1.54, 1.807) is 0 Å². The van der Waals surface area contributed by atoms with Crippen molar-refractivity contribution < 1.29 is 13.2 Å². The Kier molecular flexibility index (Phi) is 2.30. The third-order valence-electron chi connectivity index (χ3n) is 1.93. The van der Waals surface area contributed by atoms with Gasteiger partial charge < -0.3 is 5.73 Å². The number of nitrogens with two attached hydrogens (primary N) is 1. The van der Waals surface area contributed by atoms with Crippen LogP contribution in [-0.4, -0.2) is 15.0 Å². The number of alkyl halides is 3. The minimum atomic E-state index is -4.45. The highest BCUT2D eigenvalue weighted by atomic mass is 19.4. The zero-order chi connectivity index (χ0) is 11.8. The summed E-state index contributed by atoms with van der Waals surface area (Å²) in [4.78, 5) is 0.859. The van der Waals surface area contributed by atoms with E-state index in [1.807, 2.05) is 0 Å². The van der Waals surface area contributed by atoms with Crippen molar-refractivity contribution in [3.8, 4) is 5.69 Å². The van der Waals surface area contributed by atoms with Gasteiger partial charge in [-0.1, -0.05) is 12.1 Å². The average Bonchev–Trinajstić information content (AvgIpc) is 2.64. The molecule has 1 heterocycles. The van der Waals surface area contributed by atoms with Crippen molar-refractivity contribution in [3.63, 3.8) is 0 Å². The van der Waals surface area contributed by atoms with Crippen molar-refractivity contribution >= 4 is 5.82 Å². The van der Waals surface area contributed by atoms with E-state index < -0.39 is 11.7 Å². The quantitative estimate of drug-likeness (QED) is 0.810. The molecule has 0 spiro atoms. The molecule has 0 radical (unpaired) electrons. The molecule has 2 aromatic rings. The van der Waals surface area contributed by atoms with Gasteiger partial charge >= 0.3 is 6.18 Å². The fraction of sp³-hybridized carbons (Fsp3) is 0.111. The van der Waals surface area contributed by atoms with Gasteiger partial charge in [0.25, 0.3) is 0 Å². The topological polar surface area (TPSA) is 56.7 Å². The molecule has 0 fully saturated rings. The molecule has 0 unspecified atom stereocenters. The Labute approximate surface area is 88.5 Å². The van der Waals surface area contributed by atoms with E-state index in [-0.39, 0.29) is 11.5 Å². The zero-order valence-corrected chi connectivity index (χ0v) is 7.94. The molecule has 0 aliphatic rings. The van der Waals surface area contributed by atoms with Gasteiger partial charge in [0.05, 0.1) is 17.4 Å². The van der Waals surface area contributed by atoms with Gasteiger partial charge in [0, 0.05) is 0 Å². The van der Waals surface area contributed by atoms with E-state index in [1.165, 1.54) is 24.4 Å². The first-order valence-electron chi connectivity index (χ1n) is 4.33. The molecule has 2 rings (SSSR count). The second-order valence-corrected chi connectivity index (χ2v) is 3.07. The first-order chi connectivity index (χ1) is 7.48. The molecule has 0 aliphatic carbocycles. The van der Waals surface area contributed by atoms with Gasteiger partial charge in [0.1, 0.15) is 0 Å². The molecule has 2 N–H and O–H groups in total. The molecular weight excluding hydrogens is 221 g/mol. The molecule has 0 amide bonds. The Hall–Kier alpha value is -2.05. The van der Waals surface area contributed by atoms with Gasteiger partial charge in [-0.25, -0.2) is 0 Å². The molecule has 1 aromatic carbocycles. The van der Waals surface area contributed by atoms with E-state index in [9.17, 15) is 13.2 Å². The van der Waals surface area contributed by atoms with Crippen LogP contribution in [0.5, 0.6) is 0 Å². The van der Waals surface area contributed by atoms with Crippen LogP contribution in [0.1, 0.15) is 5.56 Å². The summed E-state index contributed by atoms with van der Waals surface area (Å²) < 4.78 is 37.9. The molecule has 16 heavy (non-hydrogen) atoms. The lowest BCUT2D eigenvalue weighted by molar-refractivity contribution is -0.137. The third kappa shape index (κ3) is 1.83. The molecule has 0 atom stereocenters. The zero-order valence-electron chi connectivity index (χ0n) is 7.94. The van der Waals surface area contributed by atoms with Crippen LogP contribution in [0.2, 0.25) is 0 Å². The number of para-hydroxylation sites is 1. The monoisotopic (exact) mass is 228 g/mol. The molecule has 0 aliphatic heterocycles. The van der Waals surface area contributed by atoms with Crippen LogP contribution in [0.4, 0.5) is 19.0 Å². The number of aromatic nitrogens is 3. The first kappa shape index (κ1) is 10.5. The number of nitrogen functional groups attached to an aromatic ring is 1. The summed E-state index contributed by atoms with van der Waals surface area (Å²) in [7, 11) is 0. The van der Waals surface area contributed by atoms with Gasteiger partial charge in [-0.05, 0) is 12.1 Å². The second-order valence-electron chi connectivity index (χ2n) is 3.07. The Morgan fingerprint density at radius 3 is 2.44 bits per heavy atom. The third-order valence-corrected chi connectivity index (χ3v) is 1.93. The highest BCUT2D eigenvalue weighted by Gasteiger charge is 2.34. The largest absolute Gasteiger partial charge is 0.418 e. The number of hydrogen-bond acceptors (Lipinski definition) is 3. The lowest BCUT2D eigenvalue weighted by Gasteiger charge is -2.10. The summed E-state index contributed by atoms with van der Waals surface area (Å²) in [5, 5.41) is 7.28. The van der Waals surface area contributed by atoms with Crippen LogP contribution in [0.25, 0.3) is 5.69 Å². The second kappa shape index (κ2) is 3.51. The molecule has 84 valence electrons. The van der Waals surface area contributed by atoms with Crippen molar-refractivity contribution in [2.24, 2.45) is 0 Å². The van der Waals surface area contributed by atoms with Crippen molar-refractivity contribution in [1.82, 2.24) is 15.0 Å². The van der Waals surface area contributed by atoms with Gasteiger partial charge in [-0.2, -0.15) is 18.3 Å². The molecule has 0 saturated carbocycles. The summed E-state index contributed by atoms with van der Waals surface area (Å²) in [6.45, 7) is 0. The Balaban J connectivity index is 2.57. The maximum atomic E-state index is 12.6. The summed E-state index contributed by atoms with van der Waals surface area (Å²) >= 11 is 0. The number of anilines is 1. The van der Waals surface area contributed by atoms with Gasteiger partial charge in [-0.15, -0.1) is 9.90 Å². The van der Waals surface area contributed by atoms with Crippen LogP contribution in [0.15, 0.2) is 30.5 Å². The molecule has 0 bridgehead atoms. The molecule has 7 heteroatoms. The van der Waals surface area contributed by atoms with Crippen molar-refractivity contribution in [2.45, 2.75) is 6.18 Å². The predicted octanol–water partition coefficient (Wildman–Crippen LogP) is 1.87. The fourth-order valence-electron chi connectivity index (χ4n) is 1.28. The van der Waals surface area contributed by atoms with Crippen LogP contribution < -0.4 is 5.73 Å². The van der Waals surface area contributed by atoms with Crippen molar-refractivity contribution in [3.05, 3.63) is 36.0 Å². The molecule has 4 nitrogen and oxygen atoms in total. The van der Waals surface area contributed by atoms with Gasteiger partial charge in [0.15, 0.2) is 5.82 Å². The molecule has 0 saturated heterocycles. The SMILES string of the molecule is Nc1cnn(-c2ccccc2C(F)(F)F)n1. The van der Waals surface area contributed by atoms with Crippen molar-refractivity contribution in [2.75, 3.05) is 5.73 Å². The standard InChI is InChI=1S/C9H7F3N4/c10-9(11,12)6-3-1-2-4-7(6)16-14-5-8(13)15-16/h1-5H,(H2,13,15). The minimum Gasteiger partial charge on any atom is -0.381 e. The maximum absolute atomic E-state index is 12.6. The van der Waals surface area contributed by atoms with E-state index in [2.05, 4.69) is 10.2 Å². The first-order valence-corrected chi connectivity index (χ1v) is 4.33. The van der Waals surface area contributed by atoms with E-state index in [4.69, 9.17) is 5.73 Å². The minimum absolute atomic E-state index is 0.0666. The normalized spacial score (nSPS) is 11.7. The van der Waals surface area contributed by atoms with Gasteiger partial charge in [-0.3, -0.25) is 0 Å². The summed E-state index contributed by atoms with van der Waals surface area (Å²) in [6.07, 6.45) is -3.26. The van der Waals surface area contributed by atoms with Crippen LogP contribution >= 0.6 is 0 Å². The van der Waals surface area contributed by atoms with E-state index in [0.29, 0.717) is 0 Å². The van der Waals surface area contributed by atoms with E-state index in [0.717, 1.165) is 10.9 Å². The summed E-state index contributed by atoms with van der Waals surface area (Å²) in [5.41, 5.74) is 4.35. The van der Waals surface area contributed by atoms with Crippen LogP contribution in [0.3, 0.4) is 0 Å². The smallest absolute Gasteiger partial charge is 0.381 e. The van der Waals surface area contributed by atoms with E-state index >= 15 is 0 Å². The lowest BCUT2D eigenvalue weighted by atomic mass is 10.2. The van der Waals surface area contributed by atoms with Crippen LogP contribution in [0, 0.1) is 0 Å². The summed E-state index contributed by atoms with van der Waals surface area (Å²) in [6, 6.07) is 5.03. The average molecular weight is 228 g/mol. The molecular formula is C9H7F3N4. The highest BCUT2D eigenvalue weighted by Crippen LogP contribution is 2.33. The van der Waals surface area contributed by atoms with Gasteiger partial charge in [0.2, 0.25) is 0 Å². The number of halogens is 3. The highest BCUT2D eigenvalue weighted by molar-refractivity contribution is 5.41. The van der Waals surface area contributed by atoms with Crippen LogP contribution in [-0.2, 0) is 6.18 Å². The summed E-state index contributed by atoms with van der Waals surface area (Å²) in [5.74, 6) is 0.0666. The predicted molar refractivity (Wildman–Crippen MR) is 50.8 cm³/mol. The lowest BCUT2D eigenvalue weighted by Crippen LogP contribution is -2.12. The Bertz CT molecular complexity index is 503. The fourth-order valence-corrected chi connectivity index (χ4v) is 1.28. The number of hydrogen-bond donors (Lipinski definition) is 1. The Morgan fingerprint density at radius 2 is 1.88 bits per heavy atom.